The molecule has 0 unspecified atom stereocenters. The number of nitrogens with zero attached hydrogens (tertiary/aromatic N) is 1. The second-order valence-corrected chi connectivity index (χ2v) is 7.24. The van der Waals surface area contributed by atoms with Gasteiger partial charge in [0.05, 0.1) is 5.75 Å². The molecule has 1 aromatic rings. The summed E-state index contributed by atoms with van der Waals surface area (Å²) in [5.41, 5.74) is 6.55. The quantitative estimate of drug-likeness (QED) is 0.787. The third kappa shape index (κ3) is 4.60. The van der Waals surface area contributed by atoms with Crippen LogP contribution in [0.25, 0.3) is 0 Å². The van der Waals surface area contributed by atoms with Gasteiger partial charge in [0, 0.05) is 19.6 Å². The fourth-order valence-corrected chi connectivity index (χ4v) is 3.72. The predicted octanol–water partition coefficient (Wildman–Crippen LogP) is 1.58. The molecule has 0 aromatic heterocycles. The number of benzene rings is 1. The largest absolute Gasteiger partial charge is 0.329 e. The Balaban J connectivity index is 2.00. The van der Waals surface area contributed by atoms with Crippen molar-refractivity contribution in [1.82, 2.24) is 4.31 Å². The minimum Gasteiger partial charge on any atom is -0.329 e. The molecule has 0 radical (unpaired) electrons. The van der Waals surface area contributed by atoms with Crippen LogP contribution < -0.4 is 5.73 Å². The zero-order valence-electron chi connectivity index (χ0n) is 11.2. The fraction of sp³-hybridized carbons (Fsp3) is 0.571. The van der Waals surface area contributed by atoms with Crippen molar-refractivity contribution < 1.29 is 8.42 Å². The molecule has 2 rings (SSSR count). The maximum absolute atomic E-state index is 12.3. The van der Waals surface area contributed by atoms with Crippen LogP contribution >= 0.6 is 0 Å². The van der Waals surface area contributed by atoms with E-state index in [1.807, 2.05) is 30.3 Å². The summed E-state index contributed by atoms with van der Waals surface area (Å²) >= 11 is 0. The third-order valence-electron chi connectivity index (χ3n) is 3.45. The van der Waals surface area contributed by atoms with E-state index in [9.17, 15) is 8.42 Å². The van der Waals surface area contributed by atoms with Gasteiger partial charge >= 0.3 is 0 Å². The first kappa shape index (κ1) is 14.5. The van der Waals surface area contributed by atoms with E-state index in [-0.39, 0.29) is 5.75 Å². The van der Waals surface area contributed by atoms with E-state index in [0.29, 0.717) is 25.6 Å². The van der Waals surface area contributed by atoms with E-state index < -0.39 is 10.0 Å². The van der Waals surface area contributed by atoms with Crippen LogP contribution in [0.1, 0.15) is 24.8 Å². The van der Waals surface area contributed by atoms with Gasteiger partial charge in [0.15, 0.2) is 0 Å². The maximum atomic E-state index is 12.3. The van der Waals surface area contributed by atoms with Crippen LogP contribution in [0.5, 0.6) is 0 Å². The molecule has 0 atom stereocenters. The first-order valence-corrected chi connectivity index (χ1v) is 8.44. The van der Waals surface area contributed by atoms with Crippen LogP contribution in [0.2, 0.25) is 0 Å². The SMILES string of the molecule is NCCN(Cc1ccccc1)S(=O)(=O)CCC1CC1. The highest BCUT2D eigenvalue weighted by atomic mass is 32.2. The number of sulfonamides is 1. The lowest BCUT2D eigenvalue weighted by atomic mass is 10.2. The highest BCUT2D eigenvalue weighted by Crippen LogP contribution is 2.33. The van der Waals surface area contributed by atoms with Gasteiger partial charge in [0.25, 0.3) is 0 Å². The molecule has 19 heavy (non-hydrogen) atoms. The van der Waals surface area contributed by atoms with Gasteiger partial charge in [0.2, 0.25) is 10.0 Å². The summed E-state index contributed by atoms with van der Waals surface area (Å²) in [7, 11) is -3.18. The molecule has 0 bridgehead atoms. The van der Waals surface area contributed by atoms with Gasteiger partial charge in [0.1, 0.15) is 0 Å². The predicted molar refractivity (Wildman–Crippen MR) is 77.0 cm³/mol. The molecule has 5 heteroatoms. The minimum atomic E-state index is -3.18. The average Bonchev–Trinajstić information content (AvgIpc) is 3.21. The summed E-state index contributed by atoms with van der Waals surface area (Å²) in [5, 5.41) is 0. The van der Waals surface area contributed by atoms with Crippen molar-refractivity contribution in [3.8, 4) is 0 Å². The Morgan fingerprint density at radius 3 is 2.47 bits per heavy atom. The Hall–Kier alpha value is -0.910. The van der Waals surface area contributed by atoms with Crippen molar-refractivity contribution in [2.75, 3.05) is 18.8 Å². The van der Waals surface area contributed by atoms with Gasteiger partial charge < -0.3 is 5.73 Å². The molecule has 2 N–H and O–H groups in total. The normalized spacial score (nSPS) is 15.9. The lowest BCUT2D eigenvalue weighted by Gasteiger charge is -2.21. The first-order chi connectivity index (χ1) is 9.12. The third-order valence-corrected chi connectivity index (χ3v) is 5.30. The highest BCUT2D eigenvalue weighted by Gasteiger charge is 2.27. The van der Waals surface area contributed by atoms with Gasteiger partial charge in [-0.2, -0.15) is 4.31 Å². The molecule has 0 amide bonds. The molecule has 1 fully saturated rings. The van der Waals surface area contributed by atoms with E-state index in [1.54, 1.807) is 0 Å². The molecule has 0 heterocycles. The topological polar surface area (TPSA) is 63.4 Å². The van der Waals surface area contributed by atoms with Crippen molar-refractivity contribution in [1.29, 1.82) is 0 Å². The van der Waals surface area contributed by atoms with Crippen LogP contribution in [0.4, 0.5) is 0 Å². The van der Waals surface area contributed by atoms with Gasteiger partial charge in [-0.1, -0.05) is 43.2 Å². The number of hydrogen-bond acceptors (Lipinski definition) is 3. The lowest BCUT2D eigenvalue weighted by Crippen LogP contribution is -2.36. The Bertz CT molecular complexity index is 483. The van der Waals surface area contributed by atoms with Crippen molar-refractivity contribution in [2.45, 2.75) is 25.8 Å². The van der Waals surface area contributed by atoms with E-state index >= 15 is 0 Å². The average molecular weight is 282 g/mol. The molecule has 106 valence electrons. The Kier molecular flexibility index (Phi) is 4.96. The van der Waals surface area contributed by atoms with E-state index in [1.165, 1.54) is 17.1 Å². The van der Waals surface area contributed by atoms with E-state index in [4.69, 9.17) is 5.73 Å². The van der Waals surface area contributed by atoms with Crippen LogP contribution in [0.15, 0.2) is 30.3 Å². The summed E-state index contributed by atoms with van der Waals surface area (Å²) in [6.07, 6.45) is 3.16. The highest BCUT2D eigenvalue weighted by molar-refractivity contribution is 7.89. The Labute approximate surface area is 115 Å². The molecule has 1 aliphatic rings. The van der Waals surface area contributed by atoms with E-state index in [2.05, 4.69) is 0 Å². The zero-order valence-corrected chi connectivity index (χ0v) is 12.0. The van der Waals surface area contributed by atoms with Crippen molar-refractivity contribution in [2.24, 2.45) is 11.7 Å². The summed E-state index contributed by atoms with van der Waals surface area (Å²) in [4.78, 5) is 0. The molecular weight excluding hydrogens is 260 g/mol. The van der Waals surface area contributed by atoms with Crippen molar-refractivity contribution in [3.63, 3.8) is 0 Å². The van der Waals surface area contributed by atoms with Gasteiger partial charge in [-0.05, 0) is 17.9 Å². The number of nitrogens with two attached hydrogens (primary N) is 1. The van der Waals surface area contributed by atoms with Crippen molar-refractivity contribution in [3.05, 3.63) is 35.9 Å². The van der Waals surface area contributed by atoms with E-state index in [0.717, 1.165) is 12.0 Å². The fourth-order valence-electron chi connectivity index (χ4n) is 2.10. The van der Waals surface area contributed by atoms with Crippen LogP contribution in [-0.4, -0.2) is 31.6 Å². The summed E-state index contributed by atoms with van der Waals surface area (Å²) in [5.74, 6) is 0.885. The number of hydrogen-bond donors (Lipinski definition) is 1. The second kappa shape index (κ2) is 6.50. The minimum absolute atomic E-state index is 0.254. The number of rotatable bonds is 8. The Morgan fingerprint density at radius 2 is 1.89 bits per heavy atom. The second-order valence-electron chi connectivity index (χ2n) is 5.16. The molecule has 1 saturated carbocycles. The molecule has 1 aromatic carbocycles. The van der Waals surface area contributed by atoms with Gasteiger partial charge in [-0.15, -0.1) is 0 Å². The zero-order chi connectivity index (χ0) is 13.7. The van der Waals surface area contributed by atoms with Crippen LogP contribution in [0.3, 0.4) is 0 Å². The summed E-state index contributed by atoms with van der Waals surface area (Å²) < 4.78 is 26.2. The van der Waals surface area contributed by atoms with Gasteiger partial charge in [-0.25, -0.2) is 8.42 Å². The van der Waals surface area contributed by atoms with Gasteiger partial charge in [-0.3, -0.25) is 0 Å². The lowest BCUT2D eigenvalue weighted by molar-refractivity contribution is 0.412. The maximum Gasteiger partial charge on any atom is 0.214 e. The monoisotopic (exact) mass is 282 g/mol. The Morgan fingerprint density at radius 1 is 1.21 bits per heavy atom. The van der Waals surface area contributed by atoms with Crippen LogP contribution in [-0.2, 0) is 16.6 Å². The molecule has 0 aliphatic heterocycles. The first-order valence-electron chi connectivity index (χ1n) is 6.83. The molecule has 0 saturated heterocycles. The molecule has 4 nitrogen and oxygen atoms in total. The summed E-state index contributed by atoms with van der Waals surface area (Å²) in [6.45, 7) is 1.17. The van der Waals surface area contributed by atoms with Crippen LogP contribution in [0, 0.1) is 5.92 Å². The molecular formula is C14H22N2O2S. The standard InChI is InChI=1S/C14H22N2O2S/c15-9-10-16(12-14-4-2-1-3-5-14)19(17,18)11-8-13-6-7-13/h1-5,13H,6-12,15H2. The smallest absolute Gasteiger partial charge is 0.214 e. The summed E-state index contributed by atoms with van der Waals surface area (Å²) in [6, 6.07) is 9.66. The van der Waals surface area contributed by atoms with Crippen molar-refractivity contribution >= 4 is 10.0 Å². The molecule has 1 aliphatic carbocycles. The molecule has 0 spiro atoms.